The number of rotatable bonds is 11. The van der Waals surface area contributed by atoms with Gasteiger partial charge in [0.25, 0.3) is 0 Å². The molecule has 0 fully saturated rings. The van der Waals surface area contributed by atoms with Crippen LogP contribution in [0.5, 0.6) is 0 Å². The molecule has 0 bridgehead atoms. The van der Waals surface area contributed by atoms with Crippen LogP contribution in [0.25, 0.3) is 27.8 Å². The zero-order valence-electron chi connectivity index (χ0n) is 22.1. The second-order valence-corrected chi connectivity index (χ2v) is 10.3. The Morgan fingerprint density at radius 1 is 0.763 bits per heavy atom. The van der Waals surface area contributed by atoms with Gasteiger partial charge in [-0.15, -0.1) is 6.58 Å². The van der Waals surface area contributed by atoms with Gasteiger partial charge in [-0.05, 0) is 73.1 Å². The lowest BCUT2D eigenvalue weighted by molar-refractivity contribution is 0.452. The largest absolute Gasteiger partial charge is 0.203 e. The average molecular weight is 521 g/mol. The second-order valence-electron chi connectivity index (χ2n) is 10.3. The maximum Gasteiger partial charge on any atom is 0.167 e. The van der Waals surface area contributed by atoms with Gasteiger partial charge in [0, 0.05) is 16.7 Å². The van der Waals surface area contributed by atoms with Crippen LogP contribution in [0.1, 0.15) is 75.8 Å². The van der Waals surface area contributed by atoms with Crippen LogP contribution in [-0.4, -0.2) is 0 Å². The summed E-state index contributed by atoms with van der Waals surface area (Å²) in [6.07, 6.45) is 13.0. The van der Waals surface area contributed by atoms with Gasteiger partial charge in [-0.25, -0.2) is 17.6 Å². The second kappa shape index (κ2) is 13.1. The minimum Gasteiger partial charge on any atom is -0.203 e. The van der Waals surface area contributed by atoms with E-state index in [9.17, 15) is 8.78 Å². The summed E-state index contributed by atoms with van der Waals surface area (Å²) < 4.78 is 59.8. The van der Waals surface area contributed by atoms with Crippen LogP contribution in [0.15, 0.2) is 67.3 Å². The quantitative estimate of drug-likeness (QED) is 0.134. The number of hydrogen-bond donors (Lipinski definition) is 0. The maximum absolute atomic E-state index is 15.2. The summed E-state index contributed by atoms with van der Waals surface area (Å²) in [5, 5.41) is 0. The molecule has 0 spiro atoms. The zero-order valence-corrected chi connectivity index (χ0v) is 22.1. The smallest absolute Gasteiger partial charge is 0.167 e. The highest BCUT2D eigenvalue weighted by atomic mass is 19.2. The number of halogens is 4. The first-order valence-corrected chi connectivity index (χ1v) is 13.8. The van der Waals surface area contributed by atoms with E-state index < -0.39 is 23.3 Å². The fraction of sp³-hybridized carbons (Fsp3) is 0.353. The molecule has 0 heterocycles. The van der Waals surface area contributed by atoms with Gasteiger partial charge in [-0.2, -0.15) is 0 Å². The molecule has 0 amide bonds. The Morgan fingerprint density at radius 2 is 1.37 bits per heavy atom. The third-order valence-corrected chi connectivity index (χ3v) is 7.70. The van der Waals surface area contributed by atoms with Crippen molar-refractivity contribution in [1.82, 2.24) is 0 Å². The fourth-order valence-electron chi connectivity index (χ4n) is 5.35. The van der Waals surface area contributed by atoms with Crippen molar-refractivity contribution in [1.29, 1.82) is 0 Å². The van der Waals surface area contributed by atoms with Crippen molar-refractivity contribution in [3.05, 3.63) is 102 Å². The first-order chi connectivity index (χ1) is 18.4. The molecule has 4 heteroatoms. The molecule has 0 aliphatic heterocycles. The predicted molar refractivity (Wildman–Crippen MR) is 150 cm³/mol. The molecule has 1 unspecified atom stereocenters. The van der Waals surface area contributed by atoms with Crippen molar-refractivity contribution in [3.63, 3.8) is 0 Å². The van der Waals surface area contributed by atoms with Crippen molar-refractivity contribution in [3.8, 4) is 22.3 Å². The van der Waals surface area contributed by atoms with Crippen molar-refractivity contribution in [2.75, 3.05) is 0 Å². The zero-order chi connectivity index (χ0) is 27.1. The highest BCUT2D eigenvalue weighted by Crippen LogP contribution is 2.37. The normalized spacial score (nSPS) is 15.4. The Morgan fingerprint density at radius 3 is 1.97 bits per heavy atom. The lowest BCUT2D eigenvalue weighted by Gasteiger charge is -2.22. The fourth-order valence-corrected chi connectivity index (χ4v) is 5.35. The average Bonchev–Trinajstić information content (AvgIpc) is 2.94. The molecule has 0 radical (unpaired) electrons. The Balaban J connectivity index is 1.51. The van der Waals surface area contributed by atoms with E-state index in [1.165, 1.54) is 0 Å². The molecule has 3 aromatic rings. The van der Waals surface area contributed by atoms with E-state index in [1.807, 2.05) is 12.2 Å². The van der Waals surface area contributed by atoms with E-state index in [0.29, 0.717) is 34.6 Å². The number of aryl methyl sites for hydroxylation is 1. The summed E-state index contributed by atoms with van der Waals surface area (Å²) in [5.74, 6) is -2.86. The highest BCUT2D eigenvalue weighted by Gasteiger charge is 2.21. The molecule has 200 valence electrons. The number of hydrogen-bond acceptors (Lipinski definition) is 0. The van der Waals surface area contributed by atoms with E-state index in [1.54, 1.807) is 48.5 Å². The summed E-state index contributed by atoms with van der Waals surface area (Å²) in [4.78, 5) is 0. The molecule has 0 nitrogen and oxygen atoms in total. The molecule has 1 aliphatic carbocycles. The number of benzene rings is 3. The van der Waals surface area contributed by atoms with Gasteiger partial charge >= 0.3 is 0 Å². The third kappa shape index (κ3) is 6.28. The Bertz CT molecular complexity index is 1290. The summed E-state index contributed by atoms with van der Waals surface area (Å²) >= 11 is 0. The molecule has 3 aromatic carbocycles. The monoisotopic (exact) mass is 520 g/mol. The number of allylic oxidation sites excluding steroid dienone is 3. The maximum atomic E-state index is 15.2. The topological polar surface area (TPSA) is 0 Å². The van der Waals surface area contributed by atoms with Crippen LogP contribution in [-0.2, 0) is 6.42 Å². The first kappa shape index (κ1) is 27.9. The SMILES string of the molecule is C=CCCC1CC=C(c2ccc(-c3ccc(-c4ccc(CCCCCC)c(F)c4F)cc3)c(F)c2F)CC1. The minimum atomic E-state index is -0.894. The number of unbranched alkanes of at least 4 members (excludes halogenated alkanes) is 3. The molecule has 0 saturated carbocycles. The summed E-state index contributed by atoms with van der Waals surface area (Å²) in [5.41, 5.74) is 2.82. The van der Waals surface area contributed by atoms with E-state index >= 15 is 8.78 Å². The van der Waals surface area contributed by atoms with Crippen LogP contribution < -0.4 is 0 Å². The van der Waals surface area contributed by atoms with E-state index in [2.05, 4.69) is 13.5 Å². The lowest BCUT2D eigenvalue weighted by Crippen LogP contribution is -2.07. The lowest BCUT2D eigenvalue weighted by atomic mass is 9.83. The van der Waals surface area contributed by atoms with Gasteiger partial charge in [0.1, 0.15) is 0 Å². The molecule has 0 aromatic heterocycles. The summed E-state index contributed by atoms with van der Waals surface area (Å²) in [6, 6.07) is 13.0. The Hall–Kier alpha value is -3.14. The van der Waals surface area contributed by atoms with Crippen molar-refractivity contribution in [2.24, 2.45) is 5.92 Å². The Labute approximate surface area is 224 Å². The van der Waals surface area contributed by atoms with Crippen LogP contribution >= 0.6 is 0 Å². The molecular formula is C34H36F4. The van der Waals surface area contributed by atoms with Gasteiger partial charge in [0.05, 0.1) is 0 Å². The van der Waals surface area contributed by atoms with Crippen molar-refractivity contribution >= 4 is 5.57 Å². The molecule has 0 saturated heterocycles. The Kier molecular flexibility index (Phi) is 9.60. The predicted octanol–water partition coefficient (Wildman–Crippen LogP) is 10.8. The minimum absolute atomic E-state index is 0.146. The third-order valence-electron chi connectivity index (χ3n) is 7.70. The van der Waals surface area contributed by atoms with Crippen LogP contribution in [0, 0.1) is 29.2 Å². The molecule has 0 N–H and O–H groups in total. The van der Waals surface area contributed by atoms with Crippen LogP contribution in [0.2, 0.25) is 0 Å². The van der Waals surface area contributed by atoms with Gasteiger partial charge in [-0.1, -0.05) is 86.9 Å². The molecule has 1 atom stereocenters. The molecule has 1 aliphatic rings. The van der Waals surface area contributed by atoms with E-state index in [0.717, 1.165) is 63.4 Å². The van der Waals surface area contributed by atoms with Crippen molar-refractivity contribution in [2.45, 2.75) is 71.1 Å². The van der Waals surface area contributed by atoms with E-state index in [4.69, 9.17) is 0 Å². The summed E-state index contributed by atoms with van der Waals surface area (Å²) in [6.45, 7) is 5.88. The molecule has 4 rings (SSSR count). The first-order valence-electron chi connectivity index (χ1n) is 13.8. The van der Waals surface area contributed by atoms with Gasteiger partial charge in [0.2, 0.25) is 0 Å². The van der Waals surface area contributed by atoms with Crippen molar-refractivity contribution < 1.29 is 17.6 Å². The van der Waals surface area contributed by atoms with Crippen LogP contribution in [0.3, 0.4) is 0 Å². The molecular weight excluding hydrogens is 484 g/mol. The highest BCUT2D eigenvalue weighted by molar-refractivity contribution is 5.74. The van der Waals surface area contributed by atoms with Crippen LogP contribution in [0.4, 0.5) is 17.6 Å². The van der Waals surface area contributed by atoms with Gasteiger partial charge < -0.3 is 0 Å². The standard InChI is InChI=1S/C34H36F4/c1-3-5-7-8-10-27-19-20-28(32(36)31(27)35)25-15-17-26(18-16-25)30-22-21-29(33(37)34(30)38)24-13-11-23(12-14-24)9-6-4-2/h4,13,15-23H,2-3,5-12,14H2,1H3. The summed E-state index contributed by atoms with van der Waals surface area (Å²) in [7, 11) is 0. The molecule has 38 heavy (non-hydrogen) atoms. The van der Waals surface area contributed by atoms with Gasteiger partial charge in [0.15, 0.2) is 23.3 Å². The van der Waals surface area contributed by atoms with Gasteiger partial charge in [-0.3, -0.25) is 0 Å². The van der Waals surface area contributed by atoms with E-state index in [-0.39, 0.29) is 11.1 Å².